The van der Waals surface area contributed by atoms with Crippen LogP contribution in [0, 0.1) is 0 Å². The lowest BCUT2D eigenvalue weighted by Crippen LogP contribution is -2.38. The summed E-state index contributed by atoms with van der Waals surface area (Å²) in [6.45, 7) is 4.48. The van der Waals surface area contributed by atoms with E-state index >= 15 is 0 Å². The summed E-state index contributed by atoms with van der Waals surface area (Å²) in [5, 5.41) is 5.75. The summed E-state index contributed by atoms with van der Waals surface area (Å²) in [5.41, 5.74) is 6.44. The minimum Gasteiger partial charge on any atom is -0.456 e. The molecule has 4 atom stereocenters. The SMILES string of the molecule is CC[C@H]1O[C@@H](n2nc(SC)c3c(N)ncnc32)C(OC(C)=O)[C@@H]1OC(C)=O. The Morgan fingerprint density at radius 3 is 2.52 bits per heavy atom. The van der Waals surface area contributed by atoms with Crippen molar-refractivity contribution in [1.82, 2.24) is 19.7 Å². The third kappa shape index (κ3) is 3.56. The smallest absolute Gasteiger partial charge is 0.303 e. The summed E-state index contributed by atoms with van der Waals surface area (Å²) in [6, 6.07) is 0. The zero-order valence-corrected chi connectivity index (χ0v) is 16.2. The first-order valence-electron chi connectivity index (χ1n) is 8.39. The Kier molecular flexibility index (Phi) is 5.51. The number of ether oxygens (including phenoxy) is 3. The number of thioether (sulfide) groups is 1. The van der Waals surface area contributed by atoms with Crippen molar-refractivity contribution >= 4 is 40.6 Å². The summed E-state index contributed by atoms with van der Waals surface area (Å²) in [4.78, 5) is 31.5. The number of hydrogen-bond acceptors (Lipinski definition) is 10. The first-order chi connectivity index (χ1) is 12.9. The van der Waals surface area contributed by atoms with Gasteiger partial charge in [-0.15, -0.1) is 11.8 Å². The van der Waals surface area contributed by atoms with Crippen molar-refractivity contribution < 1.29 is 23.8 Å². The zero-order chi connectivity index (χ0) is 19.7. The Balaban J connectivity index is 2.11. The number of nitrogens with zero attached hydrogens (tertiary/aromatic N) is 4. The van der Waals surface area contributed by atoms with Gasteiger partial charge in [-0.2, -0.15) is 5.10 Å². The second-order valence-electron chi connectivity index (χ2n) is 6.03. The monoisotopic (exact) mass is 395 g/mol. The van der Waals surface area contributed by atoms with Crippen LogP contribution in [0.5, 0.6) is 0 Å². The summed E-state index contributed by atoms with van der Waals surface area (Å²) in [6.07, 6.45) is 0.839. The molecule has 27 heavy (non-hydrogen) atoms. The zero-order valence-electron chi connectivity index (χ0n) is 15.4. The van der Waals surface area contributed by atoms with Crippen LogP contribution in [-0.2, 0) is 23.8 Å². The van der Waals surface area contributed by atoms with Crippen LogP contribution in [0.25, 0.3) is 11.0 Å². The lowest BCUT2D eigenvalue weighted by Gasteiger charge is -2.23. The molecule has 2 aromatic heterocycles. The van der Waals surface area contributed by atoms with E-state index in [0.717, 1.165) is 0 Å². The third-order valence-electron chi connectivity index (χ3n) is 4.21. The molecule has 0 saturated carbocycles. The summed E-state index contributed by atoms with van der Waals surface area (Å²) >= 11 is 1.38. The molecule has 0 spiro atoms. The summed E-state index contributed by atoms with van der Waals surface area (Å²) < 4.78 is 18.4. The number of hydrogen-bond donors (Lipinski definition) is 1. The van der Waals surface area contributed by atoms with E-state index < -0.39 is 36.5 Å². The predicted molar refractivity (Wildman–Crippen MR) is 96.8 cm³/mol. The number of carbonyl (C=O) groups is 2. The van der Waals surface area contributed by atoms with Gasteiger partial charge in [0.1, 0.15) is 23.3 Å². The first kappa shape index (κ1) is 19.4. The molecule has 10 nitrogen and oxygen atoms in total. The number of aromatic nitrogens is 4. The Morgan fingerprint density at radius 1 is 1.26 bits per heavy atom. The van der Waals surface area contributed by atoms with E-state index in [1.165, 1.54) is 36.6 Å². The topological polar surface area (TPSA) is 131 Å². The standard InChI is InChI=1S/C16H21N5O5S/c1-5-9-11(24-7(2)22)12(25-8(3)23)16(26-9)21-14-10(15(20-21)27-4)13(17)18-6-19-14/h6,9,11-12,16H,5H2,1-4H3,(H2,17,18,19)/t9-,11-,12?,16-/m1/s1. The maximum atomic E-state index is 11.7. The van der Waals surface area contributed by atoms with Gasteiger partial charge in [0.2, 0.25) is 0 Å². The highest BCUT2D eigenvalue weighted by atomic mass is 32.2. The van der Waals surface area contributed by atoms with Crippen molar-refractivity contribution in [3.8, 4) is 0 Å². The summed E-state index contributed by atoms with van der Waals surface area (Å²) in [5.74, 6) is -0.707. The molecule has 146 valence electrons. The minimum atomic E-state index is -0.870. The van der Waals surface area contributed by atoms with Gasteiger partial charge in [-0.1, -0.05) is 6.92 Å². The van der Waals surface area contributed by atoms with Crippen LogP contribution < -0.4 is 5.73 Å². The Bertz CT molecular complexity index is 872. The van der Waals surface area contributed by atoms with Gasteiger partial charge in [0.15, 0.2) is 24.1 Å². The molecule has 0 bridgehead atoms. The lowest BCUT2D eigenvalue weighted by atomic mass is 10.1. The van der Waals surface area contributed by atoms with Crippen molar-refractivity contribution in [1.29, 1.82) is 0 Å². The van der Waals surface area contributed by atoms with Gasteiger partial charge in [0.05, 0.1) is 5.39 Å². The van der Waals surface area contributed by atoms with Gasteiger partial charge >= 0.3 is 11.9 Å². The molecular formula is C16H21N5O5S. The lowest BCUT2D eigenvalue weighted by molar-refractivity contribution is -0.165. The molecule has 0 aromatic carbocycles. The minimum absolute atomic E-state index is 0.293. The number of carbonyl (C=O) groups excluding carboxylic acids is 2. The number of rotatable bonds is 5. The highest BCUT2D eigenvalue weighted by molar-refractivity contribution is 7.98. The number of nitrogens with two attached hydrogens (primary N) is 1. The Hall–Kier alpha value is -2.40. The molecule has 0 radical (unpaired) electrons. The van der Waals surface area contributed by atoms with Crippen molar-refractivity contribution in [3.63, 3.8) is 0 Å². The van der Waals surface area contributed by atoms with Crippen molar-refractivity contribution in [2.75, 3.05) is 12.0 Å². The van der Waals surface area contributed by atoms with Crippen LogP contribution >= 0.6 is 11.8 Å². The van der Waals surface area contributed by atoms with Crippen molar-refractivity contribution in [2.24, 2.45) is 0 Å². The Labute approximate surface area is 159 Å². The van der Waals surface area contributed by atoms with Gasteiger partial charge < -0.3 is 19.9 Å². The molecule has 1 saturated heterocycles. The van der Waals surface area contributed by atoms with E-state index in [1.807, 2.05) is 13.2 Å². The van der Waals surface area contributed by atoms with Gasteiger partial charge in [-0.05, 0) is 12.7 Å². The second kappa shape index (κ2) is 7.69. The van der Waals surface area contributed by atoms with E-state index in [-0.39, 0.29) is 0 Å². The average Bonchev–Trinajstić information content (AvgIpc) is 3.14. The molecule has 1 unspecified atom stereocenters. The van der Waals surface area contributed by atoms with E-state index in [4.69, 9.17) is 19.9 Å². The average molecular weight is 395 g/mol. The molecule has 3 rings (SSSR count). The van der Waals surface area contributed by atoms with E-state index in [0.29, 0.717) is 28.3 Å². The first-order valence-corrected chi connectivity index (χ1v) is 9.62. The third-order valence-corrected chi connectivity index (χ3v) is 4.88. The quantitative estimate of drug-likeness (QED) is 0.583. The van der Waals surface area contributed by atoms with Crippen LogP contribution in [-0.4, -0.2) is 56.3 Å². The van der Waals surface area contributed by atoms with Crippen LogP contribution in [0.2, 0.25) is 0 Å². The molecule has 1 fully saturated rings. The van der Waals surface area contributed by atoms with Crippen LogP contribution in [0.15, 0.2) is 11.4 Å². The molecule has 2 aromatic rings. The maximum Gasteiger partial charge on any atom is 0.303 e. The molecule has 1 aliphatic heterocycles. The molecule has 2 N–H and O–H groups in total. The molecule has 11 heteroatoms. The summed E-state index contributed by atoms with van der Waals surface area (Å²) in [7, 11) is 0. The molecule has 0 amide bonds. The van der Waals surface area contributed by atoms with E-state index in [9.17, 15) is 9.59 Å². The van der Waals surface area contributed by atoms with E-state index in [1.54, 1.807) is 0 Å². The fraction of sp³-hybridized carbons (Fsp3) is 0.562. The van der Waals surface area contributed by atoms with Gasteiger partial charge in [0.25, 0.3) is 0 Å². The molecule has 3 heterocycles. The van der Waals surface area contributed by atoms with Crippen molar-refractivity contribution in [2.45, 2.75) is 56.8 Å². The predicted octanol–water partition coefficient (Wildman–Crippen LogP) is 1.30. The Morgan fingerprint density at radius 2 is 1.93 bits per heavy atom. The molecule has 0 aliphatic carbocycles. The highest BCUT2D eigenvalue weighted by Gasteiger charge is 2.50. The second-order valence-corrected chi connectivity index (χ2v) is 6.83. The van der Waals surface area contributed by atoms with Crippen molar-refractivity contribution in [3.05, 3.63) is 6.33 Å². The molecular weight excluding hydrogens is 374 g/mol. The van der Waals surface area contributed by atoms with Crippen LogP contribution in [0.4, 0.5) is 5.82 Å². The van der Waals surface area contributed by atoms with Gasteiger partial charge in [-0.3, -0.25) is 9.59 Å². The van der Waals surface area contributed by atoms with Crippen LogP contribution in [0.1, 0.15) is 33.4 Å². The number of fused-ring (bicyclic) bond motifs is 1. The van der Waals surface area contributed by atoms with Gasteiger partial charge in [0, 0.05) is 13.8 Å². The maximum absolute atomic E-state index is 11.7. The fourth-order valence-corrected chi connectivity index (χ4v) is 3.74. The van der Waals surface area contributed by atoms with Gasteiger partial charge in [-0.25, -0.2) is 14.6 Å². The molecule has 1 aliphatic rings. The largest absolute Gasteiger partial charge is 0.456 e. The normalized spacial score (nSPS) is 24.9. The highest BCUT2D eigenvalue weighted by Crippen LogP contribution is 2.38. The van der Waals surface area contributed by atoms with E-state index in [2.05, 4.69) is 15.1 Å². The number of nitrogen functional groups attached to an aromatic ring is 1. The number of anilines is 1. The fourth-order valence-electron chi connectivity index (χ4n) is 3.17. The van der Waals surface area contributed by atoms with Crippen LogP contribution in [0.3, 0.4) is 0 Å². The number of esters is 2.